The molecule has 0 aliphatic carbocycles. The van der Waals surface area contributed by atoms with Crippen molar-refractivity contribution in [1.82, 2.24) is 15.5 Å². The zero-order chi connectivity index (χ0) is 13.9. The number of benzene rings is 1. The lowest BCUT2D eigenvalue weighted by Crippen LogP contribution is -2.21. The largest absolute Gasteiger partial charge is 0.339 e. The van der Waals surface area contributed by atoms with Gasteiger partial charge in [-0.15, -0.1) is 11.8 Å². The number of nitrogens with zero attached hydrogens (tertiary/aromatic N) is 2. The molecule has 0 amide bonds. The Bertz CT molecular complexity index is 572. The highest BCUT2D eigenvalue weighted by Gasteiger charge is 2.29. The minimum absolute atomic E-state index is 0.355. The van der Waals surface area contributed by atoms with E-state index < -0.39 is 0 Å². The molecule has 4 nitrogen and oxygen atoms in total. The van der Waals surface area contributed by atoms with Crippen molar-refractivity contribution >= 4 is 27.7 Å². The molecule has 0 spiro atoms. The van der Waals surface area contributed by atoms with Crippen LogP contribution in [0.5, 0.6) is 0 Å². The monoisotopic (exact) mass is 353 g/mol. The van der Waals surface area contributed by atoms with E-state index in [1.165, 1.54) is 4.90 Å². The van der Waals surface area contributed by atoms with Gasteiger partial charge in [0.25, 0.3) is 0 Å². The lowest BCUT2D eigenvalue weighted by atomic mass is 10.0. The minimum atomic E-state index is 0.355. The van der Waals surface area contributed by atoms with E-state index in [0.717, 1.165) is 34.9 Å². The molecule has 6 heteroatoms. The Labute approximate surface area is 130 Å². The summed E-state index contributed by atoms with van der Waals surface area (Å²) in [6.45, 7) is 3.19. The molecule has 1 saturated heterocycles. The third kappa shape index (κ3) is 3.24. The lowest BCUT2D eigenvalue weighted by Gasteiger charge is -2.08. The number of halogens is 1. The van der Waals surface area contributed by atoms with E-state index in [0.29, 0.717) is 12.0 Å². The highest BCUT2D eigenvalue weighted by molar-refractivity contribution is 9.10. The summed E-state index contributed by atoms with van der Waals surface area (Å²) in [5, 5.41) is 7.49. The van der Waals surface area contributed by atoms with E-state index in [4.69, 9.17) is 4.52 Å². The molecule has 1 fully saturated rings. The highest BCUT2D eigenvalue weighted by atomic mass is 79.9. The van der Waals surface area contributed by atoms with E-state index in [2.05, 4.69) is 50.4 Å². The zero-order valence-corrected chi connectivity index (χ0v) is 13.6. The highest BCUT2D eigenvalue weighted by Crippen LogP contribution is 2.28. The first-order chi connectivity index (χ1) is 9.72. The molecule has 1 aliphatic heterocycles. The summed E-state index contributed by atoms with van der Waals surface area (Å²) in [7, 11) is 0. The van der Waals surface area contributed by atoms with Gasteiger partial charge in [0.05, 0.1) is 11.7 Å². The molecule has 2 unspecified atom stereocenters. The molecule has 1 aliphatic rings. The van der Waals surface area contributed by atoms with Crippen molar-refractivity contribution in [3.8, 4) is 0 Å². The molecule has 20 heavy (non-hydrogen) atoms. The van der Waals surface area contributed by atoms with E-state index in [9.17, 15) is 0 Å². The Hall–Kier alpha value is -0.850. The van der Waals surface area contributed by atoms with E-state index in [-0.39, 0.29) is 0 Å². The Morgan fingerprint density at radius 2 is 2.20 bits per heavy atom. The molecule has 3 rings (SSSR count). The van der Waals surface area contributed by atoms with E-state index in [1.807, 2.05) is 12.1 Å². The van der Waals surface area contributed by atoms with Crippen LogP contribution >= 0.6 is 27.7 Å². The normalized spacial score (nSPS) is 22.3. The van der Waals surface area contributed by atoms with Gasteiger partial charge in [-0.25, -0.2) is 0 Å². The predicted octanol–water partition coefficient (Wildman–Crippen LogP) is 3.59. The summed E-state index contributed by atoms with van der Waals surface area (Å²) in [5.41, 5.74) is 0. The van der Waals surface area contributed by atoms with Crippen LogP contribution in [0.1, 0.15) is 31.0 Å². The Morgan fingerprint density at radius 1 is 1.40 bits per heavy atom. The summed E-state index contributed by atoms with van der Waals surface area (Å²) in [6, 6.07) is 8.66. The van der Waals surface area contributed by atoms with Gasteiger partial charge in [0.1, 0.15) is 0 Å². The summed E-state index contributed by atoms with van der Waals surface area (Å²) >= 11 is 5.15. The molecular formula is C14H16BrN3OS. The molecule has 1 N–H and O–H groups in total. The van der Waals surface area contributed by atoms with Crippen LogP contribution in [-0.4, -0.2) is 22.7 Å². The Balaban J connectivity index is 1.61. The van der Waals surface area contributed by atoms with Crippen molar-refractivity contribution < 1.29 is 4.52 Å². The smallest absolute Gasteiger partial charge is 0.231 e. The zero-order valence-electron chi connectivity index (χ0n) is 11.2. The summed E-state index contributed by atoms with van der Waals surface area (Å²) in [5.74, 6) is 2.63. The molecule has 106 valence electrons. The molecule has 1 aromatic carbocycles. The first kappa shape index (κ1) is 14.1. The van der Waals surface area contributed by atoms with Crippen LogP contribution < -0.4 is 5.32 Å². The SMILES string of the molecule is CC1NCCC1c1nc(CSc2ccc(Br)cc2)no1. The van der Waals surface area contributed by atoms with Crippen LogP contribution in [0, 0.1) is 0 Å². The lowest BCUT2D eigenvalue weighted by molar-refractivity contribution is 0.342. The third-order valence-corrected chi connectivity index (χ3v) is 5.04. The Morgan fingerprint density at radius 3 is 2.90 bits per heavy atom. The number of nitrogens with one attached hydrogen (secondary N) is 1. The van der Waals surface area contributed by atoms with Crippen LogP contribution in [-0.2, 0) is 5.75 Å². The fourth-order valence-electron chi connectivity index (χ4n) is 2.35. The van der Waals surface area contributed by atoms with Gasteiger partial charge < -0.3 is 9.84 Å². The van der Waals surface area contributed by atoms with Gasteiger partial charge in [0.15, 0.2) is 5.82 Å². The second-order valence-corrected chi connectivity index (χ2v) is 6.89. The quantitative estimate of drug-likeness (QED) is 0.851. The molecular weight excluding hydrogens is 338 g/mol. The summed E-state index contributed by atoms with van der Waals surface area (Å²) < 4.78 is 6.49. The molecule has 0 bridgehead atoms. The van der Waals surface area contributed by atoms with Gasteiger partial charge in [0, 0.05) is 15.4 Å². The van der Waals surface area contributed by atoms with E-state index >= 15 is 0 Å². The number of hydrogen-bond acceptors (Lipinski definition) is 5. The summed E-state index contributed by atoms with van der Waals surface area (Å²) in [6.07, 6.45) is 1.07. The maximum absolute atomic E-state index is 5.40. The van der Waals surface area contributed by atoms with Crippen molar-refractivity contribution in [3.63, 3.8) is 0 Å². The van der Waals surface area contributed by atoms with Gasteiger partial charge in [-0.2, -0.15) is 4.98 Å². The second-order valence-electron chi connectivity index (χ2n) is 4.93. The molecule has 2 aromatic rings. The van der Waals surface area contributed by atoms with Crippen molar-refractivity contribution in [2.45, 2.75) is 36.0 Å². The average Bonchev–Trinajstić information content (AvgIpc) is 3.06. The van der Waals surface area contributed by atoms with Crippen LogP contribution in [0.15, 0.2) is 38.2 Å². The average molecular weight is 354 g/mol. The van der Waals surface area contributed by atoms with Crippen LogP contribution in [0.2, 0.25) is 0 Å². The first-order valence-electron chi connectivity index (χ1n) is 6.66. The standard InChI is InChI=1S/C14H16BrN3OS/c1-9-12(6-7-16-9)14-17-13(18-19-14)8-20-11-4-2-10(15)3-5-11/h2-5,9,12,16H,6-8H2,1H3. The van der Waals surface area contributed by atoms with Crippen molar-refractivity contribution in [3.05, 3.63) is 40.5 Å². The number of thioether (sulfide) groups is 1. The predicted molar refractivity (Wildman–Crippen MR) is 82.8 cm³/mol. The minimum Gasteiger partial charge on any atom is -0.339 e. The molecule has 2 atom stereocenters. The van der Waals surface area contributed by atoms with Crippen molar-refractivity contribution in [1.29, 1.82) is 0 Å². The maximum Gasteiger partial charge on any atom is 0.231 e. The van der Waals surface area contributed by atoms with Gasteiger partial charge in [-0.05, 0) is 44.2 Å². The fourth-order valence-corrected chi connectivity index (χ4v) is 3.36. The molecule has 0 radical (unpaired) electrons. The van der Waals surface area contributed by atoms with Crippen molar-refractivity contribution in [2.75, 3.05) is 6.54 Å². The fraction of sp³-hybridized carbons (Fsp3) is 0.429. The van der Waals surface area contributed by atoms with Crippen LogP contribution in [0.25, 0.3) is 0 Å². The third-order valence-electron chi connectivity index (χ3n) is 3.51. The van der Waals surface area contributed by atoms with Gasteiger partial charge in [0.2, 0.25) is 5.89 Å². The second kappa shape index (κ2) is 6.28. The summed E-state index contributed by atoms with van der Waals surface area (Å²) in [4.78, 5) is 5.73. The van der Waals surface area contributed by atoms with E-state index in [1.54, 1.807) is 11.8 Å². The van der Waals surface area contributed by atoms with Crippen LogP contribution in [0.4, 0.5) is 0 Å². The Kier molecular flexibility index (Phi) is 4.43. The molecule has 1 aromatic heterocycles. The van der Waals surface area contributed by atoms with Crippen molar-refractivity contribution in [2.24, 2.45) is 0 Å². The maximum atomic E-state index is 5.40. The number of hydrogen-bond donors (Lipinski definition) is 1. The topological polar surface area (TPSA) is 51.0 Å². The molecule has 2 heterocycles. The first-order valence-corrected chi connectivity index (χ1v) is 8.44. The molecule has 0 saturated carbocycles. The van der Waals surface area contributed by atoms with Gasteiger partial charge >= 0.3 is 0 Å². The number of rotatable bonds is 4. The van der Waals surface area contributed by atoms with Gasteiger partial charge in [-0.3, -0.25) is 0 Å². The number of aromatic nitrogens is 2. The van der Waals surface area contributed by atoms with Gasteiger partial charge in [-0.1, -0.05) is 21.1 Å². The van der Waals surface area contributed by atoms with Crippen LogP contribution in [0.3, 0.4) is 0 Å².